The molecule has 0 radical (unpaired) electrons. The van der Waals surface area contributed by atoms with Gasteiger partial charge in [0.25, 0.3) is 0 Å². The van der Waals surface area contributed by atoms with E-state index in [2.05, 4.69) is 39.4 Å². The molecule has 1 unspecified atom stereocenters. The van der Waals surface area contributed by atoms with Crippen LogP contribution in [0, 0.1) is 5.92 Å². The maximum absolute atomic E-state index is 12.5. The molecule has 5 rings (SSSR count). The Kier molecular flexibility index (Phi) is 5.99. The minimum atomic E-state index is -0.316. The Bertz CT molecular complexity index is 1200. The Balaban J connectivity index is 1.21. The van der Waals surface area contributed by atoms with E-state index in [0.717, 1.165) is 37.1 Å². The number of carbonyl (C=O) groups excluding carboxylic acids is 1. The molecule has 1 N–H and O–H groups in total. The summed E-state index contributed by atoms with van der Waals surface area (Å²) in [7, 11) is 0. The Morgan fingerprint density at radius 2 is 1.94 bits per heavy atom. The van der Waals surface area contributed by atoms with Crippen LogP contribution in [0.15, 0.2) is 79.0 Å². The summed E-state index contributed by atoms with van der Waals surface area (Å²) < 4.78 is 5.49. The number of nitrogens with zero attached hydrogens (tertiary/aromatic N) is 2. The van der Waals surface area contributed by atoms with Crippen LogP contribution >= 0.6 is 0 Å². The number of rotatable bonds is 6. The van der Waals surface area contributed by atoms with Gasteiger partial charge in [-0.15, -0.1) is 0 Å². The highest BCUT2D eigenvalue weighted by molar-refractivity contribution is 5.91. The number of ether oxygens (including phenoxy) is 1. The summed E-state index contributed by atoms with van der Waals surface area (Å²) in [5.74, 6) is 0.888. The van der Waals surface area contributed by atoms with Crippen molar-refractivity contribution in [3.63, 3.8) is 0 Å². The Morgan fingerprint density at radius 1 is 1.03 bits per heavy atom. The van der Waals surface area contributed by atoms with E-state index < -0.39 is 0 Å². The van der Waals surface area contributed by atoms with Gasteiger partial charge in [-0.25, -0.2) is 4.79 Å². The standard InChI is InChI=1S/C27H27N3O2/c31-27(32-25-9-2-1-3-10-25)23-8-4-6-22(16-23)19-30-13-5-7-21(18-30)14-20-11-12-26-24(15-20)17-28-29-26/h1-4,6,8-12,15-17,21H,5,7,13-14,18-19H2,(H,28,29). The number of aromatic amines is 1. The molecular formula is C27H27N3O2. The van der Waals surface area contributed by atoms with Crippen LogP contribution in [0.3, 0.4) is 0 Å². The average molecular weight is 426 g/mol. The lowest BCUT2D eigenvalue weighted by atomic mass is 9.90. The van der Waals surface area contributed by atoms with Crippen molar-refractivity contribution < 1.29 is 9.53 Å². The van der Waals surface area contributed by atoms with Crippen molar-refractivity contribution in [2.24, 2.45) is 5.92 Å². The van der Waals surface area contributed by atoms with E-state index in [1.807, 2.05) is 42.6 Å². The molecule has 0 bridgehead atoms. The van der Waals surface area contributed by atoms with E-state index >= 15 is 0 Å². The first-order chi connectivity index (χ1) is 15.7. The molecule has 1 atom stereocenters. The van der Waals surface area contributed by atoms with Crippen molar-refractivity contribution in [3.05, 3.63) is 95.7 Å². The molecule has 162 valence electrons. The van der Waals surface area contributed by atoms with Crippen LogP contribution < -0.4 is 4.74 Å². The van der Waals surface area contributed by atoms with Gasteiger partial charge in [0.2, 0.25) is 0 Å². The van der Waals surface area contributed by atoms with Crippen LogP contribution in [0.5, 0.6) is 5.75 Å². The molecule has 1 aliphatic rings. The first-order valence-electron chi connectivity index (χ1n) is 11.2. The van der Waals surface area contributed by atoms with Crippen LogP contribution in [0.1, 0.15) is 34.3 Å². The monoisotopic (exact) mass is 425 g/mol. The maximum Gasteiger partial charge on any atom is 0.343 e. The number of para-hydroxylation sites is 1. The fourth-order valence-corrected chi connectivity index (χ4v) is 4.62. The molecule has 0 saturated carbocycles. The van der Waals surface area contributed by atoms with E-state index in [9.17, 15) is 4.79 Å². The third-order valence-corrected chi connectivity index (χ3v) is 6.15. The summed E-state index contributed by atoms with van der Waals surface area (Å²) in [6.45, 7) is 3.02. The number of nitrogens with one attached hydrogen (secondary N) is 1. The summed E-state index contributed by atoms with van der Waals surface area (Å²) in [4.78, 5) is 15.1. The number of piperidine rings is 1. The summed E-state index contributed by atoms with van der Waals surface area (Å²) in [6, 6.07) is 23.6. The van der Waals surface area contributed by atoms with Gasteiger partial charge < -0.3 is 4.74 Å². The van der Waals surface area contributed by atoms with Crippen molar-refractivity contribution in [2.75, 3.05) is 13.1 Å². The van der Waals surface area contributed by atoms with E-state index in [1.165, 1.54) is 23.8 Å². The molecule has 5 heteroatoms. The zero-order chi connectivity index (χ0) is 21.8. The Labute approximate surface area is 188 Å². The van der Waals surface area contributed by atoms with Gasteiger partial charge in [-0.3, -0.25) is 10.00 Å². The average Bonchev–Trinajstić information content (AvgIpc) is 3.28. The number of likely N-dealkylation sites (tertiary alicyclic amines) is 1. The van der Waals surface area contributed by atoms with Gasteiger partial charge in [-0.05, 0) is 79.3 Å². The molecule has 5 nitrogen and oxygen atoms in total. The van der Waals surface area contributed by atoms with Gasteiger partial charge in [0.1, 0.15) is 5.75 Å². The van der Waals surface area contributed by atoms with E-state index in [0.29, 0.717) is 17.2 Å². The summed E-state index contributed by atoms with van der Waals surface area (Å²) in [6.07, 6.45) is 5.43. The number of hydrogen-bond donors (Lipinski definition) is 1. The molecule has 1 aliphatic heterocycles. The van der Waals surface area contributed by atoms with Crippen molar-refractivity contribution >= 4 is 16.9 Å². The van der Waals surface area contributed by atoms with Gasteiger partial charge in [0.15, 0.2) is 0 Å². The lowest BCUT2D eigenvalue weighted by molar-refractivity contribution is 0.0734. The van der Waals surface area contributed by atoms with Crippen molar-refractivity contribution in [2.45, 2.75) is 25.8 Å². The van der Waals surface area contributed by atoms with Crippen LogP contribution in [0.4, 0.5) is 0 Å². The third-order valence-electron chi connectivity index (χ3n) is 6.15. The van der Waals surface area contributed by atoms with Crippen molar-refractivity contribution in [1.82, 2.24) is 15.1 Å². The second kappa shape index (κ2) is 9.37. The topological polar surface area (TPSA) is 58.2 Å². The molecule has 1 fully saturated rings. The second-order valence-corrected chi connectivity index (χ2v) is 8.64. The first kappa shape index (κ1) is 20.5. The van der Waals surface area contributed by atoms with Crippen LogP contribution in [0.25, 0.3) is 10.9 Å². The van der Waals surface area contributed by atoms with E-state index in [1.54, 1.807) is 12.1 Å². The molecule has 0 aliphatic carbocycles. The molecule has 3 aromatic carbocycles. The normalized spacial score (nSPS) is 16.8. The highest BCUT2D eigenvalue weighted by atomic mass is 16.5. The molecular weight excluding hydrogens is 398 g/mol. The minimum absolute atomic E-state index is 0.316. The van der Waals surface area contributed by atoms with E-state index in [4.69, 9.17) is 4.74 Å². The number of H-pyrrole nitrogens is 1. The molecule has 1 aromatic heterocycles. The third kappa shape index (κ3) is 4.89. The molecule has 1 saturated heterocycles. The molecule has 0 spiro atoms. The lowest BCUT2D eigenvalue weighted by Crippen LogP contribution is -2.35. The highest BCUT2D eigenvalue weighted by Gasteiger charge is 2.21. The number of esters is 1. The van der Waals surface area contributed by atoms with Crippen LogP contribution in [-0.4, -0.2) is 34.2 Å². The lowest BCUT2D eigenvalue weighted by Gasteiger charge is -2.33. The van der Waals surface area contributed by atoms with Crippen LogP contribution in [0.2, 0.25) is 0 Å². The summed E-state index contributed by atoms with van der Waals surface area (Å²) >= 11 is 0. The summed E-state index contributed by atoms with van der Waals surface area (Å²) in [5, 5.41) is 8.32. The Hall–Kier alpha value is -3.44. The number of fused-ring (bicyclic) bond motifs is 1. The molecule has 32 heavy (non-hydrogen) atoms. The second-order valence-electron chi connectivity index (χ2n) is 8.64. The molecule has 0 amide bonds. The quantitative estimate of drug-likeness (QED) is 0.339. The maximum atomic E-state index is 12.5. The van der Waals surface area contributed by atoms with Gasteiger partial charge >= 0.3 is 5.97 Å². The van der Waals surface area contributed by atoms with Gasteiger partial charge in [0, 0.05) is 18.5 Å². The number of hydrogen-bond acceptors (Lipinski definition) is 4. The first-order valence-corrected chi connectivity index (χ1v) is 11.2. The SMILES string of the molecule is O=C(Oc1ccccc1)c1cccc(CN2CCCC(Cc3ccc4[nH]ncc4c3)C2)c1. The smallest absolute Gasteiger partial charge is 0.343 e. The summed E-state index contributed by atoms with van der Waals surface area (Å²) in [5.41, 5.74) is 4.20. The van der Waals surface area contributed by atoms with Gasteiger partial charge in [0.05, 0.1) is 17.3 Å². The molecule has 4 aromatic rings. The number of aromatic nitrogens is 2. The number of carbonyl (C=O) groups is 1. The van der Waals surface area contributed by atoms with Gasteiger partial charge in [-0.2, -0.15) is 5.10 Å². The highest BCUT2D eigenvalue weighted by Crippen LogP contribution is 2.24. The molecule has 2 heterocycles. The Morgan fingerprint density at radius 3 is 2.84 bits per heavy atom. The predicted octanol–water partition coefficient (Wildman–Crippen LogP) is 5.24. The fraction of sp³-hybridized carbons (Fsp3) is 0.259. The minimum Gasteiger partial charge on any atom is -0.423 e. The zero-order valence-corrected chi connectivity index (χ0v) is 18.0. The predicted molar refractivity (Wildman–Crippen MR) is 126 cm³/mol. The fourth-order valence-electron chi connectivity index (χ4n) is 4.62. The van der Waals surface area contributed by atoms with Crippen LogP contribution in [-0.2, 0) is 13.0 Å². The zero-order valence-electron chi connectivity index (χ0n) is 18.0. The van der Waals surface area contributed by atoms with Crippen molar-refractivity contribution in [1.29, 1.82) is 0 Å². The van der Waals surface area contributed by atoms with Crippen molar-refractivity contribution in [3.8, 4) is 5.75 Å². The van der Waals surface area contributed by atoms with Gasteiger partial charge in [-0.1, -0.05) is 36.4 Å². The largest absolute Gasteiger partial charge is 0.423 e. The van der Waals surface area contributed by atoms with E-state index in [-0.39, 0.29) is 5.97 Å². The number of benzene rings is 3.